The highest BCUT2D eigenvalue weighted by Crippen LogP contribution is 2.16. The SMILES string of the molecule is CNCc1ccc(S(=O)(=O)NC(C)CCOC)c(F)c1. The van der Waals surface area contributed by atoms with Crippen LogP contribution in [0, 0.1) is 5.82 Å². The molecule has 0 saturated carbocycles. The van der Waals surface area contributed by atoms with Crippen LogP contribution in [-0.2, 0) is 21.3 Å². The molecule has 1 aromatic rings. The van der Waals surface area contributed by atoms with E-state index in [0.717, 1.165) is 0 Å². The van der Waals surface area contributed by atoms with Crippen molar-refractivity contribution in [1.29, 1.82) is 0 Å². The maximum absolute atomic E-state index is 13.9. The molecule has 0 aliphatic heterocycles. The summed E-state index contributed by atoms with van der Waals surface area (Å²) in [6.45, 7) is 2.63. The van der Waals surface area contributed by atoms with Crippen molar-refractivity contribution in [1.82, 2.24) is 10.0 Å². The minimum Gasteiger partial charge on any atom is -0.385 e. The number of hydrogen-bond acceptors (Lipinski definition) is 4. The average molecular weight is 304 g/mol. The molecule has 5 nitrogen and oxygen atoms in total. The van der Waals surface area contributed by atoms with Gasteiger partial charge in [0.25, 0.3) is 0 Å². The summed E-state index contributed by atoms with van der Waals surface area (Å²) < 4.78 is 45.4. The van der Waals surface area contributed by atoms with Crippen molar-refractivity contribution < 1.29 is 17.5 Å². The van der Waals surface area contributed by atoms with Crippen LogP contribution in [0.5, 0.6) is 0 Å². The largest absolute Gasteiger partial charge is 0.385 e. The van der Waals surface area contributed by atoms with Crippen molar-refractivity contribution in [3.8, 4) is 0 Å². The number of ether oxygens (including phenoxy) is 1. The van der Waals surface area contributed by atoms with Crippen molar-refractivity contribution in [2.45, 2.75) is 30.8 Å². The van der Waals surface area contributed by atoms with E-state index >= 15 is 0 Å². The normalized spacial score (nSPS) is 13.4. The van der Waals surface area contributed by atoms with Crippen LogP contribution in [-0.4, -0.2) is 35.2 Å². The van der Waals surface area contributed by atoms with E-state index in [4.69, 9.17) is 4.74 Å². The van der Waals surface area contributed by atoms with Gasteiger partial charge in [-0.25, -0.2) is 17.5 Å². The smallest absolute Gasteiger partial charge is 0.243 e. The first-order valence-electron chi connectivity index (χ1n) is 6.35. The van der Waals surface area contributed by atoms with E-state index in [1.165, 1.54) is 12.1 Å². The van der Waals surface area contributed by atoms with Gasteiger partial charge in [0, 0.05) is 26.3 Å². The quantitative estimate of drug-likeness (QED) is 0.758. The summed E-state index contributed by atoms with van der Waals surface area (Å²) in [6.07, 6.45) is 0.523. The molecule has 114 valence electrons. The Balaban J connectivity index is 2.87. The van der Waals surface area contributed by atoms with E-state index in [9.17, 15) is 12.8 Å². The van der Waals surface area contributed by atoms with Gasteiger partial charge >= 0.3 is 0 Å². The van der Waals surface area contributed by atoms with Gasteiger partial charge in [-0.1, -0.05) is 6.07 Å². The highest BCUT2D eigenvalue weighted by molar-refractivity contribution is 7.89. The summed E-state index contributed by atoms with van der Waals surface area (Å²) in [5.74, 6) is -0.746. The number of methoxy groups -OCH3 is 1. The summed E-state index contributed by atoms with van der Waals surface area (Å²) in [7, 11) is -0.573. The van der Waals surface area contributed by atoms with E-state index in [-0.39, 0.29) is 10.9 Å². The summed E-state index contributed by atoms with van der Waals surface area (Å²) in [6, 6.07) is 3.78. The van der Waals surface area contributed by atoms with Crippen molar-refractivity contribution in [3.63, 3.8) is 0 Å². The van der Waals surface area contributed by atoms with E-state index in [0.29, 0.717) is 25.1 Å². The average Bonchev–Trinajstić information content (AvgIpc) is 2.36. The zero-order chi connectivity index (χ0) is 15.2. The highest BCUT2D eigenvalue weighted by Gasteiger charge is 2.21. The van der Waals surface area contributed by atoms with E-state index in [1.54, 1.807) is 27.1 Å². The second kappa shape index (κ2) is 7.68. The number of rotatable bonds is 8. The summed E-state index contributed by atoms with van der Waals surface area (Å²) in [5, 5.41) is 2.88. The molecule has 1 unspecified atom stereocenters. The Labute approximate surface area is 119 Å². The lowest BCUT2D eigenvalue weighted by Crippen LogP contribution is -2.33. The molecule has 0 aliphatic carbocycles. The molecule has 1 atom stereocenters. The predicted octanol–water partition coefficient (Wildman–Crippen LogP) is 1.25. The maximum Gasteiger partial charge on any atom is 0.243 e. The molecule has 0 amide bonds. The third-order valence-electron chi connectivity index (χ3n) is 2.78. The maximum atomic E-state index is 13.9. The Morgan fingerprint density at radius 1 is 1.40 bits per heavy atom. The second-order valence-electron chi connectivity index (χ2n) is 4.60. The number of hydrogen-bond donors (Lipinski definition) is 2. The topological polar surface area (TPSA) is 67.4 Å². The molecule has 0 fully saturated rings. The lowest BCUT2D eigenvalue weighted by Gasteiger charge is -2.14. The van der Waals surface area contributed by atoms with Gasteiger partial charge in [-0.2, -0.15) is 0 Å². The number of halogens is 1. The lowest BCUT2D eigenvalue weighted by atomic mass is 10.2. The number of sulfonamides is 1. The third kappa shape index (κ3) is 4.82. The van der Waals surface area contributed by atoms with Crippen LogP contribution >= 0.6 is 0 Å². The predicted molar refractivity (Wildman–Crippen MR) is 75.4 cm³/mol. The molecule has 0 aromatic heterocycles. The van der Waals surface area contributed by atoms with Gasteiger partial charge in [0.1, 0.15) is 10.7 Å². The first kappa shape index (κ1) is 17.0. The third-order valence-corrected chi connectivity index (χ3v) is 4.40. The zero-order valence-corrected chi connectivity index (χ0v) is 12.8. The fourth-order valence-electron chi connectivity index (χ4n) is 1.76. The van der Waals surface area contributed by atoms with Crippen molar-refractivity contribution in [2.24, 2.45) is 0 Å². The van der Waals surface area contributed by atoms with Gasteiger partial charge in [-0.05, 0) is 38.1 Å². The van der Waals surface area contributed by atoms with Gasteiger partial charge in [-0.3, -0.25) is 0 Å². The molecule has 0 aliphatic rings. The fourth-order valence-corrected chi connectivity index (χ4v) is 3.10. The number of benzene rings is 1. The molecule has 1 rings (SSSR count). The summed E-state index contributed by atoms with van der Waals surface area (Å²) in [4.78, 5) is -0.332. The molecule has 0 heterocycles. The van der Waals surface area contributed by atoms with Gasteiger partial charge in [0.05, 0.1) is 0 Å². The van der Waals surface area contributed by atoms with Gasteiger partial charge in [0.2, 0.25) is 10.0 Å². The van der Waals surface area contributed by atoms with Crippen LogP contribution in [0.1, 0.15) is 18.9 Å². The molecule has 0 radical (unpaired) electrons. The van der Waals surface area contributed by atoms with Crippen LogP contribution in [0.15, 0.2) is 23.1 Å². The second-order valence-corrected chi connectivity index (χ2v) is 6.28. The molecule has 0 spiro atoms. The lowest BCUT2D eigenvalue weighted by molar-refractivity contribution is 0.188. The van der Waals surface area contributed by atoms with Gasteiger partial charge in [-0.15, -0.1) is 0 Å². The monoisotopic (exact) mass is 304 g/mol. The van der Waals surface area contributed by atoms with Gasteiger partial charge < -0.3 is 10.1 Å². The van der Waals surface area contributed by atoms with Crippen molar-refractivity contribution >= 4 is 10.0 Å². The van der Waals surface area contributed by atoms with E-state index < -0.39 is 15.8 Å². The Morgan fingerprint density at radius 3 is 2.65 bits per heavy atom. The minimum atomic E-state index is -3.85. The van der Waals surface area contributed by atoms with Crippen LogP contribution in [0.4, 0.5) is 4.39 Å². The van der Waals surface area contributed by atoms with Crippen LogP contribution in [0.25, 0.3) is 0 Å². The van der Waals surface area contributed by atoms with Crippen molar-refractivity contribution in [2.75, 3.05) is 20.8 Å². The molecule has 1 aromatic carbocycles. The fraction of sp³-hybridized carbons (Fsp3) is 0.538. The summed E-state index contributed by atoms with van der Waals surface area (Å²) in [5.41, 5.74) is 0.691. The molecule has 0 bridgehead atoms. The Morgan fingerprint density at radius 2 is 2.10 bits per heavy atom. The highest BCUT2D eigenvalue weighted by atomic mass is 32.2. The zero-order valence-electron chi connectivity index (χ0n) is 11.9. The number of nitrogens with one attached hydrogen (secondary N) is 2. The molecule has 0 saturated heterocycles. The van der Waals surface area contributed by atoms with E-state index in [1.807, 2.05) is 0 Å². The minimum absolute atomic E-state index is 0.323. The van der Waals surface area contributed by atoms with Crippen LogP contribution in [0.3, 0.4) is 0 Å². The van der Waals surface area contributed by atoms with Crippen molar-refractivity contribution in [3.05, 3.63) is 29.6 Å². The molecule has 20 heavy (non-hydrogen) atoms. The summed E-state index contributed by atoms with van der Waals surface area (Å²) >= 11 is 0. The Kier molecular flexibility index (Phi) is 6.54. The molecule has 7 heteroatoms. The van der Waals surface area contributed by atoms with Crippen LogP contribution in [0.2, 0.25) is 0 Å². The van der Waals surface area contributed by atoms with E-state index in [2.05, 4.69) is 10.0 Å². The Hall–Kier alpha value is -1.02. The molecule has 2 N–H and O–H groups in total. The molecular formula is C13H21FN2O3S. The van der Waals surface area contributed by atoms with Crippen LogP contribution < -0.4 is 10.0 Å². The first-order valence-corrected chi connectivity index (χ1v) is 7.83. The first-order chi connectivity index (χ1) is 9.40. The Bertz CT molecular complexity index is 534. The molecular weight excluding hydrogens is 283 g/mol. The standard InChI is InChI=1S/C13H21FN2O3S/c1-10(6-7-19-3)16-20(17,18)13-5-4-11(9-15-2)8-12(13)14/h4-5,8,10,15-16H,6-7,9H2,1-3H3. The van der Waals surface area contributed by atoms with Gasteiger partial charge in [0.15, 0.2) is 0 Å².